The Morgan fingerprint density at radius 1 is 1.48 bits per heavy atom. The standard InChI is InChI=1S/C16H20N4O5/c1-10-2-3-11(6-17-10)25-13-9-24-5-4-12(13)19-14(21)8-20-15(22)7-18-16(20)23/h2-3,6,12-13H,4-5,7-9H2,1H3,(H,18,23)(H,19,21)/t12-,13+/m1/s1. The summed E-state index contributed by atoms with van der Waals surface area (Å²) >= 11 is 0. The van der Waals surface area contributed by atoms with Crippen molar-refractivity contribution >= 4 is 17.8 Å². The fraction of sp³-hybridized carbons (Fsp3) is 0.500. The number of amides is 4. The molecule has 134 valence electrons. The van der Waals surface area contributed by atoms with Crippen LogP contribution in [0.4, 0.5) is 4.79 Å². The molecular weight excluding hydrogens is 328 g/mol. The molecule has 2 aliphatic heterocycles. The predicted molar refractivity (Wildman–Crippen MR) is 85.9 cm³/mol. The molecule has 2 N–H and O–H groups in total. The van der Waals surface area contributed by atoms with Gasteiger partial charge in [-0.1, -0.05) is 0 Å². The van der Waals surface area contributed by atoms with Gasteiger partial charge in [-0.2, -0.15) is 0 Å². The number of ether oxygens (including phenoxy) is 2. The van der Waals surface area contributed by atoms with Crippen molar-refractivity contribution in [3.63, 3.8) is 0 Å². The molecule has 4 amide bonds. The van der Waals surface area contributed by atoms with Gasteiger partial charge < -0.3 is 20.1 Å². The van der Waals surface area contributed by atoms with E-state index in [1.54, 1.807) is 6.20 Å². The van der Waals surface area contributed by atoms with E-state index < -0.39 is 17.8 Å². The van der Waals surface area contributed by atoms with E-state index in [9.17, 15) is 14.4 Å². The Balaban J connectivity index is 1.58. The van der Waals surface area contributed by atoms with Crippen molar-refractivity contribution < 1.29 is 23.9 Å². The summed E-state index contributed by atoms with van der Waals surface area (Å²) in [6.45, 7) is 2.34. The Bertz CT molecular complexity index is 647. The number of imide groups is 1. The molecule has 0 aliphatic carbocycles. The number of nitrogens with one attached hydrogen (secondary N) is 2. The highest BCUT2D eigenvalue weighted by molar-refractivity contribution is 6.04. The lowest BCUT2D eigenvalue weighted by atomic mass is 10.1. The summed E-state index contributed by atoms with van der Waals surface area (Å²) in [7, 11) is 0. The van der Waals surface area contributed by atoms with Crippen molar-refractivity contribution in [2.45, 2.75) is 25.5 Å². The minimum absolute atomic E-state index is 0.0739. The molecule has 2 atom stereocenters. The second-order valence-corrected chi connectivity index (χ2v) is 5.97. The van der Waals surface area contributed by atoms with Crippen molar-refractivity contribution in [3.05, 3.63) is 24.0 Å². The minimum Gasteiger partial charge on any atom is -0.484 e. The summed E-state index contributed by atoms with van der Waals surface area (Å²) in [6, 6.07) is 2.82. The third kappa shape index (κ3) is 4.24. The van der Waals surface area contributed by atoms with Crippen LogP contribution in [0.1, 0.15) is 12.1 Å². The summed E-state index contributed by atoms with van der Waals surface area (Å²) in [5.41, 5.74) is 0.880. The number of rotatable bonds is 5. The first-order valence-electron chi connectivity index (χ1n) is 8.07. The molecule has 1 aromatic rings. The van der Waals surface area contributed by atoms with Crippen LogP contribution in [0.15, 0.2) is 18.3 Å². The molecule has 25 heavy (non-hydrogen) atoms. The fourth-order valence-electron chi connectivity index (χ4n) is 2.70. The molecular formula is C16H20N4O5. The Hall–Kier alpha value is -2.68. The molecule has 9 nitrogen and oxygen atoms in total. The van der Waals surface area contributed by atoms with E-state index in [1.807, 2.05) is 19.1 Å². The second kappa shape index (κ2) is 7.47. The summed E-state index contributed by atoms with van der Waals surface area (Å²) < 4.78 is 11.3. The van der Waals surface area contributed by atoms with Gasteiger partial charge >= 0.3 is 6.03 Å². The van der Waals surface area contributed by atoms with Crippen LogP contribution < -0.4 is 15.4 Å². The predicted octanol–water partition coefficient (Wildman–Crippen LogP) is -0.406. The molecule has 2 aliphatic rings. The van der Waals surface area contributed by atoms with E-state index in [4.69, 9.17) is 9.47 Å². The first-order chi connectivity index (χ1) is 12.0. The van der Waals surface area contributed by atoms with Crippen LogP contribution >= 0.6 is 0 Å². The van der Waals surface area contributed by atoms with Crippen molar-refractivity contribution in [3.8, 4) is 5.75 Å². The summed E-state index contributed by atoms with van der Waals surface area (Å²) in [4.78, 5) is 40.3. The highest BCUT2D eigenvalue weighted by atomic mass is 16.5. The smallest absolute Gasteiger partial charge is 0.325 e. The largest absolute Gasteiger partial charge is 0.484 e. The average molecular weight is 348 g/mol. The maximum absolute atomic E-state index is 12.2. The average Bonchev–Trinajstić information content (AvgIpc) is 2.90. The number of hydrogen-bond acceptors (Lipinski definition) is 6. The van der Waals surface area contributed by atoms with Gasteiger partial charge in [0.05, 0.1) is 25.4 Å². The summed E-state index contributed by atoms with van der Waals surface area (Å²) in [5, 5.41) is 5.21. The van der Waals surface area contributed by atoms with E-state index in [-0.39, 0.29) is 25.2 Å². The zero-order valence-corrected chi connectivity index (χ0v) is 13.9. The number of nitrogens with zero attached hydrogens (tertiary/aromatic N) is 2. The summed E-state index contributed by atoms with van der Waals surface area (Å²) in [5.74, 6) is -0.229. The van der Waals surface area contributed by atoms with E-state index >= 15 is 0 Å². The van der Waals surface area contributed by atoms with Crippen LogP contribution in [0.25, 0.3) is 0 Å². The topological polar surface area (TPSA) is 110 Å². The lowest BCUT2D eigenvalue weighted by Crippen LogP contribution is -2.53. The normalized spacial score (nSPS) is 23.3. The van der Waals surface area contributed by atoms with Gasteiger partial charge in [-0.3, -0.25) is 19.5 Å². The first-order valence-corrected chi connectivity index (χ1v) is 8.07. The molecule has 0 spiro atoms. The van der Waals surface area contributed by atoms with Gasteiger partial charge in [0.2, 0.25) is 5.91 Å². The van der Waals surface area contributed by atoms with Crippen LogP contribution in [-0.4, -0.2) is 66.2 Å². The van der Waals surface area contributed by atoms with Crippen molar-refractivity contribution in [1.29, 1.82) is 0 Å². The first kappa shape index (κ1) is 17.2. The highest BCUT2D eigenvalue weighted by Gasteiger charge is 2.33. The maximum Gasteiger partial charge on any atom is 0.325 e. The zero-order valence-electron chi connectivity index (χ0n) is 13.9. The van der Waals surface area contributed by atoms with Crippen molar-refractivity contribution in [1.82, 2.24) is 20.5 Å². The number of pyridine rings is 1. The van der Waals surface area contributed by atoms with Crippen LogP contribution in [0.5, 0.6) is 5.75 Å². The molecule has 0 saturated carbocycles. The van der Waals surface area contributed by atoms with Crippen LogP contribution in [0.2, 0.25) is 0 Å². The molecule has 3 rings (SSSR count). The van der Waals surface area contributed by atoms with Gasteiger partial charge in [0, 0.05) is 12.3 Å². The number of hydrogen-bond donors (Lipinski definition) is 2. The zero-order chi connectivity index (χ0) is 17.8. The molecule has 1 aromatic heterocycles. The second-order valence-electron chi connectivity index (χ2n) is 5.97. The van der Waals surface area contributed by atoms with Crippen LogP contribution in [0.3, 0.4) is 0 Å². The Kier molecular flexibility index (Phi) is 5.13. The fourth-order valence-corrected chi connectivity index (χ4v) is 2.70. The van der Waals surface area contributed by atoms with Gasteiger partial charge in [-0.25, -0.2) is 4.79 Å². The van der Waals surface area contributed by atoms with Crippen molar-refractivity contribution in [2.24, 2.45) is 0 Å². The number of aromatic nitrogens is 1. The molecule has 9 heteroatoms. The molecule has 0 unspecified atom stereocenters. The number of carbonyl (C=O) groups is 3. The lowest BCUT2D eigenvalue weighted by molar-refractivity contribution is -0.131. The Labute approximate surface area is 144 Å². The van der Waals surface area contributed by atoms with Crippen LogP contribution in [0, 0.1) is 6.92 Å². The van der Waals surface area contributed by atoms with E-state index in [1.165, 1.54) is 0 Å². The van der Waals surface area contributed by atoms with E-state index in [0.717, 1.165) is 10.6 Å². The SMILES string of the molecule is Cc1ccc(O[C@H]2COCC[C@H]2NC(=O)CN2C(=O)CNC2=O)cn1. The molecule has 2 saturated heterocycles. The van der Waals surface area contributed by atoms with E-state index in [0.29, 0.717) is 25.4 Å². The van der Waals surface area contributed by atoms with Gasteiger partial charge in [-0.15, -0.1) is 0 Å². The number of urea groups is 1. The van der Waals surface area contributed by atoms with Gasteiger partial charge in [0.25, 0.3) is 5.91 Å². The number of carbonyl (C=O) groups excluding carboxylic acids is 3. The Morgan fingerprint density at radius 2 is 2.32 bits per heavy atom. The molecule has 0 radical (unpaired) electrons. The maximum atomic E-state index is 12.2. The third-order valence-electron chi connectivity index (χ3n) is 4.06. The lowest BCUT2D eigenvalue weighted by Gasteiger charge is -2.32. The molecule has 0 bridgehead atoms. The van der Waals surface area contributed by atoms with Crippen molar-refractivity contribution in [2.75, 3.05) is 26.3 Å². The quantitative estimate of drug-likeness (QED) is 0.701. The van der Waals surface area contributed by atoms with Gasteiger partial charge in [0.1, 0.15) is 18.4 Å². The van der Waals surface area contributed by atoms with E-state index in [2.05, 4.69) is 15.6 Å². The Morgan fingerprint density at radius 3 is 3.00 bits per heavy atom. The highest BCUT2D eigenvalue weighted by Crippen LogP contribution is 2.17. The number of aryl methyl sites for hydroxylation is 1. The van der Waals surface area contributed by atoms with Gasteiger partial charge in [-0.05, 0) is 25.5 Å². The molecule has 3 heterocycles. The van der Waals surface area contributed by atoms with Crippen LogP contribution in [-0.2, 0) is 14.3 Å². The minimum atomic E-state index is -0.550. The third-order valence-corrected chi connectivity index (χ3v) is 4.06. The molecule has 0 aromatic carbocycles. The summed E-state index contributed by atoms with van der Waals surface area (Å²) in [6.07, 6.45) is 1.83. The molecule has 2 fully saturated rings. The monoisotopic (exact) mass is 348 g/mol. The van der Waals surface area contributed by atoms with Gasteiger partial charge in [0.15, 0.2) is 0 Å².